The van der Waals surface area contributed by atoms with Gasteiger partial charge in [0, 0.05) is 51.7 Å². The molecule has 0 aromatic rings. The molecule has 0 saturated carbocycles. The summed E-state index contributed by atoms with van der Waals surface area (Å²) in [5, 5.41) is 0. The molecule has 0 aliphatic carbocycles. The van der Waals surface area contributed by atoms with Crippen LogP contribution in [0.3, 0.4) is 0 Å². The number of halogens is 1. The fourth-order valence-electron chi connectivity index (χ4n) is 1.93. The first kappa shape index (κ1) is 15.2. The van der Waals surface area contributed by atoms with E-state index in [1.54, 1.807) is 0 Å². The molecular formula is C12H26ClN3O. The van der Waals surface area contributed by atoms with E-state index in [1.165, 1.54) is 19.6 Å². The third kappa shape index (κ3) is 7.21. The van der Waals surface area contributed by atoms with Crippen molar-refractivity contribution in [2.45, 2.75) is 0 Å². The average molecular weight is 264 g/mol. The highest BCUT2D eigenvalue weighted by Gasteiger charge is 2.15. The lowest BCUT2D eigenvalue weighted by Crippen LogP contribution is -2.48. The Morgan fingerprint density at radius 2 is 1.59 bits per heavy atom. The van der Waals surface area contributed by atoms with Gasteiger partial charge in [-0.05, 0) is 14.1 Å². The second-order valence-corrected chi connectivity index (χ2v) is 5.17. The van der Waals surface area contributed by atoms with Gasteiger partial charge >= 0.3 is 0 Å². The van der Waals surface area contributed by atoms with Crippen LogP contribution in [0.1, 0.15) is 0 Å². The lowest BCUT2D eigenvalue weighted by molar-refractivity contribution is 0.0794. The first-order chi connectivity index (χ1) is 8.22. The Bertz CT molecular complexity index is 185. The van der Waals surface area contributed by atoms with Gasteiger partial charge in [0.05, 0.1) is 13.2 Å². The predicted molar refractivity (Wildman–Crippen MR) is 73.0 cm³/mol. The lowest BCUT2D eigenvalue weighted by atomic mass is 10.3. The molecular weight excluding hydrogens is 238 g/mol. The summed E-state index contributed by atoms with van der Waals surface area (Å²) in [7, 11) is 4.26. The largest absolute Gasteiger partial charge is 0.379 e. The highest BCUT2D eigenvalue weighted by molar-refractivity contribution is 6.17. The molecule has 1 aliphatic heterocycles. The summed E-state index contributed by atoms with van der Waals surface area (Å²) < 4.78 is 5.40. The lowest BCUT2D eigenvalue weighted by Gasteiger charge is -2.35. The normalized spacial score (nSPS) is 19.1. The summed E-state index contributed by atoms with van der Waals surface area (Å²) in [4.78, 5) is 7.25. The Hall–Kier alpha value is 0.130. The van der Waals surface area contributed by atoms with Crippen molar-refractivity contribution in [2.24, 2.45) is 0 Å². The van der Waals surface area contributed by atoms with Gasteiger partial charge in [-0.25, -0.2) is 0 Å². The van der Waals surface area contributed by atoms with Crippen molar-refractivity contribution in [1.29, 1.82) is 0 Å². The van der Waals surface area contributed by atoms with Crippen molar-refractivity contribution < 1.29 is 4.74 Å². The second-order valence-electron chi connectivity index (χ2n) is 4.79. The highest BCUT2D eigenvalue weighted by atomic mass is 35.5. The van der Waals surface area contributed by atoms with Crippen LogP contribution in [0.2, 0.25) is 0 Å². The van der Waals surface area contributed by atoms with Crippen molar-refractivity contribution in [1.82, 2.24) is 14.7 Å². The Balaban J connectivity index is 2.01. The fourth-order valence-corrected chi connectivity index (χ4v) is 2.04. The van der Waals surface area contributed by atoms with E-state index in [1.807, 2.05) is 0 Å². The van der Waals surface area contributed by atoms with Crippen molar-refractivity contribution >= 4 is 11.6 Å². The predicted octanol–water partition coefficient (Wildman–Crippen LogP) is 0.421. The molecule has 102 valence electrons. The number of hydrogen-bond acceptors (Lipinski definition) is 4. The molecule has 0 aromatic carbocycles. The molecule has 1 heterocycles. The van der Waals surface area contributed by atoms with Crippen molar-refractivity contribution in [3.63, 3.8) is 0 Å². The molecule has 4 nitrogen and oxygen atoms in total. The minimum absolute atomic E-state index is 0.596. The Kier molecular flexibility index (Phi) is 8.14. The maximum absolute atomic E-state index is 5.55. The number of piperazine rings is 1. The van der Waals surface area contributed by atoms with E-state index in [2.05, 4.69) is 28.8 Å². The topological polar surface area (TPSA) is 19.0 Å². The van der Waals surface area contributed by atoms with Crippen LogP contribution >= 0.6 is 11.6 Å². The van der Waals surface area contributed by atoms with Gasteiger partial charge in [-0.15, -0.1) is 11.6 Å². The SMILES string of the molecule is CN(C)CCN1CCN(CCOCCCl)CC1. The van der Waals surface area contributed by atoms with Gasteiger partial charge in [-0.3, -0.25) is 9.80 Å². The summed E-state index contributed by atoms with van der Waals surface area (Å²) in [5.74, 6) is 0.596. The van der Waals surface area contributed by atoms with Crippen LogP contribution in [-0.2, 0) is 4.74 Å². The van der Waals surface area contributed by atoms with Crippen LogP contribution in [0.5, 0.6) is 0 Å². The van der Waals surface area contributed by atoms with Crippen LogP contribution in [0, 0.1) is 0 Å². The van der Waals surface area contributed by atoms with Crippen LogP contribution in [0.25, 0.3) is 0 Å². The molecule has 0 unspecified atom stereocenters. The van der Waals surface area contributed by atoms with Crippen molar-refractivity contribution in [3.05, 3.63) is 0 Å². The first-order valence-electron chi connectivity index (χ1n) is 6.45. The quantitative estimate of drug-likeness (QED) is 0.467. The summed E-state index contributed by atoms with van der Waals surface area (Å²) >= 11 is 5.55. The number of ether oxygens (including phenoxy) is 1. The van der Waals surface area contributed by atoms with E-state index >= 15 is 0 Å². The fraction of sp³-hybridized carbons (Fsp3) is 1.00. The number of alkyl halides is 1. The van der Waals surface area contributed by atoms with Gasteiger partial charge in [0.25, 0.3) is 0 Å². The molecule has 1 aliphatic rings. The minimum Gasteiger partial charge on any atom is -0.379 e. The molecule has 5 heteroatoms. The zero-order chi connectivity index (χ0) is 12.5. The monoisotopic (exact) mass is 263 g/mol. The highest BCUT2D eigenvalue weighted by Crippen LogP contribution is 2.01. The Morgan fingerprint density at radius 1 is 1.00 bits per heavy atom. The third-order valence-electron chi connectivity index (χ3n) is 3.10. The summed E-state index contributed by atoms with van der Waals surface area (Å²) in [5.41, 5.74) is 0. The number of rotatable bonds is 8. The van der Waals surface area contributed by atoms with Gasteiger partial charge in [0.15, 0.2) is 0 Å². The molecule has 0 atom stereocenters. The van der Waals surface area contributed by atoms with E-state index < -0.39 is 0 Å². The average Bonchev–Trinajstić information content (AvgIpc) is 2.33. The molecule has 0 aromatic heterocycles. The summed E-state index contributed by atoms with van der Waals surface area (Å²) in [6.07, 6.45) is 0. The summed E-state index contributed by atoms with van der Waals surface area (Å²) in [6, 6.07) is 0. The van der Waals surface area contributed by atoms with Gasteiger partial charge < -0.3 is 9.64 Å². The Labute approximate surface area is 110 Å². The number of hydrogen-bond donors (Lipinski definition) is 0. The molecule has 0 amide bonds. The van der Waals surface area contributed by atoms with Crippen LogP contribution in [0.4, 0.5) is 0 Å². The van der Waals surface area contributed by atoms with E-state index in [0.29, 0.717) is 12.5 Å². The van der Waals surface area contributed by atoms with Gasteiger partial charge in [-0.1, -0.05) is 0 Å². The maximum atomic E-state index is 5.55. The van der Waals surface area contributed by atoms with Gasteiger partial charge in [0.2, 0.25) is 0 Å². The number of nitrogens with zero attached hydrogens (tertiary/aromatic N) is 3. The molecule has 0 N–H and O–H groups in total. The van der Waals surface area contributed by atoms with E-state index in [-0.39, 0.29) is 0 Å². The number of likely N-dealkylation sites (N-methyl/N-ethyl adjacent to an activating group) is 1. The van der Waals surface area contributed by atoms with E-state index in [9.17, 15) is 0 Å². The minimum atomic E-state index is 0.596. The van der Waals surface area contributed by atoms with Gasteiger partial charge in [-0.2, -0.15) is 0 Å². The van der Waals surface area contributed by atoms with Gasteiger partial charge in [0.1, 0.15) is 0 Å². The summed E-state index contributed by atoms with van der Waals surface area (Å²) in [6.45, 7) is 9.55. The molecule has 1 saturated heterocycles. The van der Waals surface area contributed by atoms with Crippen molar-refractivity contribution in [2.75, 3.05) is 79.0 Å². The maximum Gasteiger partial charge on any atom is 0.0602 e. The second kappa shape index (κ2) is 9.11. The molecule has 0 bridgehead atoms. The Morgan fingerprint density at radius 3 is 2.12 bits per heavy atom. The van der Waals surface area contributed by atoms with E-state index in [0.717, 1.165) is 32.8 Å². The zero-order valence-electron chi connectivity index (χ0n) is 11.2. The third-order valence-corrected chi connectivity index (χ3v) is 3.26. The van der Waals surface area contributed by atoms with E-state index in [4.69, 9.17) is 16.3 Å². The van der Waals surface area contributed by atoms with Crippen LogP contribution in [-0.4, -0.2) is 93.7 Å². The molecule has 1 rings (SSSR count). The van der Waals surface area contributed by atoms with Crippen LogP contribution in [0.15, 0.2) is 0 Å². The standard InChI is InChI=1S/C12H26ClN3O/c1-14(2)4-5-15-6-8-16(9-7-15)10-12-17-11-3-13/h3-12H2,1-2H3. The first-order valence-corrected chi connectivity index (χ1v) is 6.99. The molecule has 17 heavy (non-hydrogen) atoms. The molecule has 0 spiro atoms. The van der Waals surface area contributed by atoms with Crippen molar-refractivity contribution in [3.8, 4) is 0 Å². The smallest absolute Gasteiger partial charge is 0.0602 e. The molecule has 0 radical (unpaired) electrons. The zero-order valence-corrected chi connectivity index (χ0v) is 12.0. The molecule has 1 fully saturated rings. The van der Waals surface area contributed by atoms with Crippen LogP contribution < -0.4 is 0 Å².